The van der Waals surface area contributed by atoms with Crippen molar-refractivity contribution in [2.75, 3.05) is 0 Å². The molecule has 0 atom stereocenters. The summed E-state index contributed by atoms with van der Waals surface area (Å²) in [6.45, 7) is 4.15. The van der Waals surface area contributed by atoms with Gasteiger partial charge in [-0.25, -0.2) is 4.68 Å². The van der Waals surface area contributed by atoms with E-state index in [-0.39, 0.29) is 0 Å². The SMILES string of the molecule is CCc1ccccc1-n1nnc(C=O)c1/C=C/c1ccc(C)cc1. The summed E-state index contributed by atoms with van der Waals surface area (Å²) in [7, 11) is 0. The molecule has 0 N–H and O–H groups in total. The Morgan fingerprint density at radius 3 is 2.50 bits per heavy atom. The highest BCUT2D eigenvalue weighted by molar-refractivity contribution is 5.82. The first-order chi connectivity index (χ1) is 11.7. The average molecular weight is 317 g/mol. The van der Waals surface area contributed by atoms with Gasteiger partial charge < -0.3 is 0 Å². The van der Waals surface area contributed by atoms with Crippen LogP contribution in [0, 0.1) is 6.92 Å². The number of nitrogens with zero attached hydrogens (tertiary/aromatic N) is 3. The third-order valence-corrected chi connectivity index (χ3v) is 3.96. The Morgan fingerprint density at radius 1 is 1.04 bits per heavy atom. The number of hydrogen-bond acceptors (Lipinski definition) is 3. The maximum atomic E-state index is 11.3. The number of benzene rings is 2. The van der Waals surface area contributed by atoms with Crippen molar-refractivity contribution < 1.29 is 4.79 Å². The second-order valence-corrected chi connectivity index (χ2v) is 5.62. The largest absolute Gasteiger partial charge is 0.296 e. The zero-order chi connectivity index (χ0) is 16.9. The van der Waals surface area contributed by atoms with Gasteiger partial charge >= 0.3 is 0 Å². The van der Waals surface area contributed by atoms with Gasteiger partial charge in [0.1, 0.15) is 0 Å². The second-order valence-electron chi connectivity index (χ2n) is 5.62. The molecule has 24 heavy (non-hydrogen) atoms. The predicted molar refractivity (Wildman–Crippen MR) is 96.2 cm³/mol. The maximum Gasteiger partial charge on any atom is 0.172 e. The molecule has 3 aromatic rings. The van der Waals surface area contributed by atoms with Crippen molar-refractivity contribution in [3.8, 4) is 5.69 Å². The van der Waals surface area contributed by atoms with Crippen LogP contribution in [0.4, 0.5) is 0 Å². The van der Waals surface area contributed by atoms with Gasteiger partial charge in [-0.1, -0.05) is 66.2 Å². The van der Waals surface area contributed by atoms with E-state index in [2.05, 4.69) is 42.4 Å². The number of para-hydroxylation sites is 1. The van der Waals surface area contributed by atoms with Gasteiger partial charge in [0.25, 0.3) is 0 Å². The Hall–Kier alpha value is -3.01. The maximum absolute atomic E-state index is 11.3. The van der Waals surface area contributed by atoms with Crippen LogP contribution in [0.2, 0.25) is 0 Å². The van der Waals surface area contributed by atoms with E-state index in [4.69, 9.17) is 0 Å². The zero-order valence-electron chi connectivity index (χ0n) is 13.8. The lowest BCUT2D eigenvalue weighted by Crippen LogP contribution is -2.03. The van der Waals surface area contributed by atoms with E-state index in [0.29, 0.717) is 11.4 Å². The van der Waals surface area contributed by atoms with Crippen LogP contribution in [0.1, 0.15) is 39.8 Å². The van der Waals surface area contributed by atoms with E-state index in [1.54, 1.807) is 4.68 Å². The molecule has 120 valence electrons. The summed E-state index contributed by atoms with van der Waals surface area (Å²) >= 11 is 0. The van der Waals surface area contributed by atoms with Crippen LogP contribution in [0.5, 0.6) is 0 Å². The van der Waals surface area contributed by atoms with E-state index in [0.717, 1.165) is 29.5 Å². The summed E-state index contributed by atoms with van der Waals surface area (Å²) < 4.78 is 1.73. The number of hydrogen-bond donors (Lipinski definition) is 0. The number of carbonyl (C=O) groups is 1. The molecule has 1 heterocycles. The summed E-state index contributed by atoms with van der Waals surface area (Å²) in [5.74, 6) is 0. The number of aryl methyl sites for hydroxylation is 2. The minimum absolute atomic E-state index is 0.337. The van der Waals surface area contributed by atoms with Gasteiger partial charge in [-0.3, -0.25) is 4.79 Å². The fraction of sp³-hybridized carbons (Fsp3) is 0.150. The molecular formula is C20H19N3O. The van der Waals surface area contributed by atoms with Gasteiger partial charge in [0.2, 0.25) is 0 Å². The molecule has 0 bridgehead atoms. The van der Waals surface area contributed by atoms with Gasteiger partial charge in [0, 0.05) is 0 Å². The molecular weight excluding hydrogens is 298 g/mol. The normalized spacial score (nSPS) is 11.1. The minimum atomic E-state index is 0.337. The van der Waals surface area contributed by atoms with Crippen molar-refractivity contribution in [1.82, 2.24) is 15.0 Å². The molecule has 0 saturated carbocycles. The predicted octanol–water partition coefficient (Wildman–Crippen LogP) is 4.12. The van der Waals surface area contributed by atoms with Crippen molar-refractivity contribution in [3.63, 3.8) is 0 Å². The molecule has 0 amide bonds. The molecule has 0 spiro atoms. The Kier molecular flexibility index (Phi) is 4.66. The molecule has 3 rings (SSSR count). The molecule has 4 nitrogen and oxygen atoms in total. The van der Waals surface area contributed by atoms with Crippen molar-refractivity contribution in [2.45, 2.75) is 20.3 Å². The number of aromatic nitrogens is 3. The minimum Gasteiger partial charge on any atom is -0.296 e. The molecule has 0 radical (unpaired) electrons. The first-order valence-corrected chi connectivity index (χ1v) is 7.97. The number of aldehydes is 1. The third-order valence-electron chi connectivity index (χ3n) is 3.96. The highest BCUT2D eigenvalue weighted by Crippen LogP contribution is 2.19. The van der Waals surface area contributed by atoms with E-state index in [1.807, 2.05) is 42.5 Å². The highest BCUT2D eigenvalue weighted by atomic mass is 16.1. The van der Waals surface area contributed by atoms with Crippen molar-refractivity contribution >= 4 is 18.4 Å². The quantitative estimate of drug-likeness (QED) is 0.665. The number of rotatable bonds is 5. The molecule has 2 aromatic carbocycles. The first kappa shape index (κ1) is 15.9. The Balaban J connectivity index is 2.05. The Bertz CT molecular complexity index is 876. The van der Waals surface area contributed by atoms with Crippen LogP contribution in [0.3, 0.4) is 0 Å². The fourth-order valence-corrected chi connectivity index (χ4v) is 2.59. The second kappa shape index (κ2) is 7.04. The smallest absolute Gasteiger partial charge is 0.172 e. The monoisotopic (exact) mass is 317 g/mol. The molecule has 0 aliphatic heterocycles. The summed E-state index contributed by atoms with van der Waals surface area (Å²) in [6.07, 6.45) is 5.48. The summed E-state index contributed by atoms with van der Waals surface area (Å²) in [5, 5.41) is 8.18. The highest BCUT2D eigenvalue weighted by Gasteiger charge is 2.13. The van der Waals surface area contributed by atoms with E-state index >= 15 is 0 Å². The van der Waals surface area contributed by atoms with Crippen molar-refractivity contribution in [2.24, 2.45) is 0 Å². The fourth-order valence-electron chi connectivity index (χ4n) is 2.59. The van der Waals surface area contributed by atoms with Crippen molar-refractivity contribution in [1.29, 1.82) is 0 Å². The first-order valence-electron chi connectivity index (χ1n) is 7.97. The standard InChI is InChI=1S/C20H19N3O/c1-3-17-6-4-5-7-19(17)23-20(18(14-24)21-22-23)13-12-16-10-8-15(2)9-11-16/h4-14H,3H2,1-2H3/b13-12+. The number of carbonyl (C=O) groups excluding carboxylic acids is 1. The topological polar surface area (TPSA) is 47.8 Å². The van der Waals surface area contributed by atoms with Gasteiger partial charge in [-0.05, 0) is 36.6 Å². The van der Waals surface area contributed by atoms with E-state index < -0.39 is 0 Å². The summed E-state index contributed by atoms with van der Waals surface area (Å²) in [6, 6.07) is 16.2. The van der Waals surface area contributed by atoms with Crippen LogP contribution in [0.25, 0.3) is 17.8 Å². The van der Waals surface area contributed by atoms with Crippen LogP contribution in [-0.2, 0) is 6.42 Å². The van der Waals surface area contributed by atoms with Gasteiger partial charge in [-0.15, -0.1) is 5.10 Å². The molecule has 0 aliphatic carbocycles. The lowest BCUT2D eigenvalue weighted by atomic mass is 10.1. The summed E-state index contributed by atoms with van der Waals surface area (Å²) in [5.41, 5.74) is 5.41. The average Bonchev–Trinajstić information content (AvgIpc) is 3.04. The van der Waals surface area contributed by atoms with Gasteiger partial charge in [-0.2, -0.15) is 0 Å². The lowest BCUT2D eigenvalue weighted by molar-refractivity contribution is 0.111. The molecule has 4 heteroatoms. The van der Waals surface area contributed by atoms with Gasteiger partial charge in [0.05, 0.1) is 11.4 Å². The molecule has 0 aliphatic rings. The Labute approximate surface area is 141 Å². The lowest BCUT2D eigenvalue weighted by Gasteiger charge is -2.08. The van der Waals surface area contributed by atoms with E-state index in [9.17, 15) is 4.79 Å². The molecule has 1 aromatic heterocycles. The molecule has 0 saturated heterocycles. The molecule has 0 unspecified atom stereocenters. The summed E-state index contributed by atoms with van der Waals surface area (Å²) in [4.78, 5) is 11.3. The van der Waals surface area contributed by atoms with Crippen molar-refractivity contribution in [3.05, 3.63) is 76.6 Å². The van der Waals surface area contributed by atoms with Crippen LogP contribution < -0.4 is 0 Å². The van der Waals surface area contributed by atoms with Crippen LogP contribution in [-0.4, -0.2) is 21.3 Å². The van der Waals surface area contributed by atoms with E-state index in [1.165, 1.54) is 5.56 Å². The zero-order valence-corrected chi connectivity index (χ0v) is 13.8. The Morgan fingerprint density at radius 2 is 1.79 bits per heavy atom. The molecule has 0 fully saturated rings. The van der Waals surface area contributed by atoms with Gasteiger partial charge in [0.15, 0.2) is 12.0 Å². The third kappa shape index (κ3) is 3.18. The van der Waals surface area contributed by atoms with Crippen LogP contribution >= 0.6 is 0 Å². The van der Waals surface area contributed by atoms with Crippen LogP contribution in [0.15, 0.2) is 48.5 Å².